The minimum atomic E-state index is -0.978. The SMILES string of the molecule is CC(=O)Nc1cccc(-c2ccc(C3(c4nc5cc6ccccc6cc5o4)C=CN=N3)cc2)c1OCc1ccccc1. The van der Waals surface area contributed by atoms with Gasteiger partial charge in [0.15, 0.2) is 11.3 Å². The van der Waals surface area contributed by atoms with Gasteiger partial charge in [-0.1, -0.05) is 91.0 Å². The van der Waals surface area contributed by atoms with Crippen molar-refractivity contribution in [2.75, 3.05) is 5.32 Å². The standard InChI is InChI=1S/C35H26N4O3/c1-23(40)37-30-13-7-12-29(33(30)41-22-24-8-3-2-4-9-24)25-14-16-28(17-15-25)35(18-19-36-39-35)34-38-31-20-26-10-5-6-11-27(26)21-32(31)42-34/h2-21H,22H2,1H3,(H,37,40). The van der Waals surface area contributed by atoms with Gasteiger partial charge in [0.05, 0.1) is 5.69 Å². The Morgan fingerprint density at radius 1 is 0.881 bits per heavy atom. The summed E-state index contributed by atoms with van der Waals surface area (Å²) < 4.78 is 12.6. The monoisotopic (exact) mass is 550 g/mol. The number of anilines is 1. The number of amides is 1. The number of benzene rings is 5. The summed E-state index contributed by atoms with van der Waals surface area (Å²) in [5.74, 6) is 0.890. The second kappa shape index (κ2) is 10.4. The molecule has 0 saturated heterocycles. The van der Waals surface area contributed by atoms with Crippen LogP contribution in [0.4, 0.5) is 5.69 Å². The maximum atomic E-state index is 12.0. The minimum absolute atomic E-state index is 0.168. The number of nitrogens with one attached hydrogen (secondary N) is 1. The van der Waals surface area contributed by atoms with E-state index in [-0.39, 0.29) is 5.91 Å². The largest absolute Gasteiger partial charge is 0.486 e. The summed E-state index contributed by atoms with van der Waals surface area (Å²) in [7, 11) is 0. The lowest BCUT2D eigenvalue weighted by molar-refractivity contribution is -0.114. The number of oxazole rings is 1. The third-order valence-corrected chi connectivity index (χ3v) is 7.37. The highest BCUT2D eigenvalue weighted by molar-refractivity contribution is 5.94. The smallest absolute Gasteiger partial charge is 0.234 e. The molecular weight excluding hydrogens is 524 g/mol. The molecule has 1 atom stereocenters. The Balaban J connectivity index is 1.26. The van der Waals surface area contributed by atoms with Gasteiger partial charge in [-0.15, -0.1) is 0 Å². The van der Waals surface area contributed by atoms with E-state index < -0.39 is 5.54 Å². The molecule has 5 aromatic carbocycles. The van der Waals surface area contributed by atoms with Crippen LogP contribution in [0.5, 0.6) is 5.75 Å². The maximum Gasteiger partial charge on any atom is 0.234 e. The summed E-state index contributed by atoms with van der Waals surface area (Å²) in [4.78, 5) is 16.8. The molecule has 0 saturated carbocycles. The van der Waals surface area contributed by atoms with Crippen molar-refractivity contribution in [1.29, 1.82) is 0 Å². The number of fused-ring (bicyclic) bond motifs is 2. The molecule has 6 aromatic rings. The van der Waals surface area contributed by atoms with Gasteiger partial charge in [0.1, 0.15) is 12.1 Å². The minimum Gasteiger partial charge on any atom is -0.486 e. The lowest BCUT2D eigenvalue weighted by Crippen LogP contribution is -2.21. The van der Waals surface area contributed by atoms with Gasteiger partial charge in [-0.3, -0.25) is 4.79 Å². The highest BCUT2D eigenvalue weighted by atomic mass is 16.5. The molecule has 1 unspecified atom stereocenters. The van der Waals surface area contributed by atoms with Gasteiger partial charge < -0.3 is 14.5 Å². The lowest BCUT2D eigenvalue weighted by atomic mass is 9.89. The molecule has 1 aromatic heterocycles. The number of carbonyl (C=O) groups is 1. The van der Waals surface area contributed by atoms with Crippen molar-refractivity contribution in [2.45, 2.75) is 19.1 Å². The third kappa shape index (κ3) is 4.61. The van der Waals surface area contributed by atoms with Crippen LogP contribution < -0.4 is 10.1 Å². The van der Waals surface area contributed by atoms with Gasteiger partial charge in [0.25, 0.3) is 0 Å². The Labute approximate surface area is 242 Å². The van der Waals surface area contributed by atoms with Gasteiger partial charge in [-0.2, -0.15) is 10.2 Å². The second-order valence-corrected chi connectivity index (χ2v) is 10.2. The molecule has 2 heterocycles. The molecule has 1 aliphatic heterocycles. The van der Waals surface area contributed by atoms with Crippen LogP contribution in [-0.4, -0.2) is 10.9 Å². The molecule has 1 amide bonds. The summed E-state index contributed by atoms with van der Waals surface area (Å²) in [6, 6.07) is 35.9. The fourth-order valence-electron chi connectivity index (χ4n) is 5.31. The molecule has 7 rings (SSSR count). The molecule has 1 aliphatic rings. The van der Waals surface area contributed by atoms with Crippen LogP contribution in [0.1, 0.15) is 23.9 Å². The number of hydrogen-bond donors (Lipinski definition) is 1. The van der Waals surface area contributed by atoms with E-state index in [9.17, 15) is 4.79 Å². The zero-order chi connectivity index (χ0) is 28.5. The first-order valence-corrected chi connectivity index (χ1v) is 13.7. The van der Waals surface area contributed by atoms with Crippen LogP contribution in [0.15, 0.2) is 136 Å². The fraction of sp³-hybridized carbons (Fsp3) is 0.0857. The maximum absolute atomic E-state index is 12.0. The van der Waals surface area contributed by atoms with Gasteiger partial charge in [0, 0.05) is 18.7 Å². The first-order valence-electron chi connectivity index (χ1n) is 13.7. The quantitative estimate of drug-likeness (QED) is 0.216. The van der Waals surface area contributed by atoms with Gasteiger partial charge in [-0.25, -0.2) is 4.98 Å². The molecule has 7 nitrogen and oxygen atoms in total. The number of azo groups is 1. The van der Waals surface area contributed by atoms with Crippen molar-refractivity contribution in [3.8, 4) is 16.9 Å². The van der Waals surface area contributed by atoms with E-state index in [4.69, 9.17) is 14.1 Å². The first kappa shape index (κ1) is 25.4. The highest BCUT2D eigenvalue weighted by Gasteiger charge is 2.39. The van der Waals surface area contributed by atoms with E-state index in [1.54, 1.807) is 6.20 Å². The summed E-state index contributed by atoms with van der Waals surface area (Å²) in [6.07, 6.45) is 3.57. The highest BCUT2D eigenvalue weighted by Crippen LogP contribution is 2.42. The van der Waals surface area contributed by atoms with Gasteiger partial charge in [0.2, 0.25) is 17.3 Å². The third-order valence-electron chi connectivity index (χ3n) is 7.37. The Bertz CT molecular complexity index is 1930. The molecule has 0 bridgehead atoms. The molecule has 1 N–H and O–H groups in total. The molecule has 7 heteroatoms. The molecule has 0 aliphatic carbocycles. The molecule has 0 spiro atoms. The summed E-state index contributed by atoms with van der Waals surface area (Å²) in [5.41, 5.74) is 4.78. The van der Waals surface area contributed by atoms with E-state index in [0.717, 1.165) is 38.5 Å². The molecule has 0 radical (unpaired) electrons. The average molecular weight is 551 g/mol. The van der Waals surface area contributed by atoms with Crippen LogP contribution in [0, 0.1) is 0 Å². The van der Waals surface area contributed by atoms with Gasteiger partial charge in [-0.05, 0) is 51.7 Å². The zero-order valence-electron chi connectivity index (χ0n) is 22.8. The fourth-order valence-corrected chi connectivity index (χ4v) is 5.31. The normalized spacial score (nSPS) is 15.8. The molecule has 204 valence electrons. The van der Waals surface area contributed by atoms with Crippen molar-refractivity contribution < 1.29 is 13.9 Å². The Hall–Kier alpha value is -5.56. The van der Waals surface area contributed by atoms with Crippen molar-refractivity contribution in [3.63, 3.8) is 0 Å². The lowest BCUT2D eigenvalue weighted by Gasteiger charge is -2.20. The van der Waals surface area contributed by atoms with Crippen molar-refractivity contribution in [2.24, 2.45) is 10.2 Å². The Kier molecular flexibility index (Phi) is 6.32. The zero-order valence-corrected chi connectivity index (χ0v) is 22.8. The number of rotatable bonds is 7. The van der Waals surface area contributed by atoms with Crippen molar-refractivity contribution in [1.82, 2.24) is 4.98 Å². The average Bonchev–Trinajstić information content (AvgIpc) is 3.68. The second-order valence-electron chi connectivity index (χ2n) is 10.2. The number of ether oxygens (including phenoxy) is 1. The van der Waals surface area contributed by atoms with Crippen LogP contribution in [-0.2, 0) is 16.9 Å². The van der Waals surface area contributed by atoms with E-state index in [1.807, 2.05) is 103 Å². The van der Waals surface area contributed by atoms with E-state index in [2.05, 4.69) is 27.7 Å². The molecule has 0 fully saturated rings. The van der Waals surface area contributed by atoms with E-state index in [0.29, 0.717) is 29.5 Å². The number of para-hydroxylation sites is 1. The number of carbonyl (C=O) groups excluding carboxylic acids is 1. The van der Waals surface area contributed by atoms with E-state index >= 15 is 0 Å². The predicted molar refractivity (Wildman–Crippen MR) is 163 cm³/mol. The van der Waals surface area contributed by atoms with Crippen LogP contribution in [0.3, 0.4) is 0 Å². The number of aromatic nitrogens is 1. The Morgan fingerprint density at radius 3 is 2.38 bits per heavy atom. The van der Waals surface area contributed by atoms with Crippen LogP contribution in [0.25, 0.3) is 33.0 Å². The number of hydrogen-bond acceptors (Lipinski definition) is 6. The van der Waals surface area contributed by atoms with Crippen molar-refractivity contribution in [3.05, 3.63) is 138 Å². The van der Waals surface area contributed by atoms with Crippen LogP contribution in [0.2, 0.25) is 0 Å². The molecular formula is C35H26N4O3. The van der Waals surface area contributed by atoms with Crippen molar-refractivity contribution >= 4 is 33.5 Å². The van der Waals surface area contributed by atoms with Gasteiger partial charge >= 0.3 is 0 Å². The Morgan fingerprint density at radius 2 is 1.64 bits per heavy atom. The first-order chi connectivity index (χ1) is 20.6. The summed E-state index contributed by atoms with van der Waals surface area (Å²) in [5, 5.41) is 13.9. The summed E-state index contributed by atoms with van der Waals surface area (Å²) in [6.45, 7) is 1.85. The molecule has 42 heavy (non-hydrogen) atoms. The topological polar surface area (TPSA) is 89.1 Å². The summed E-state index contributed by atoms with van der Waals surface area (Å²) >= 11 is 0. The predicted octanol–water partition coefficient (Wildman–Crippen LogP) is 8.41. The van der Waals surface area contributed by atoms with Crippen LogP contribution >= 0.6 is 0 Å². The number of nitrogens with zero attached hydrogens (tertiary/aromatic N) is 3. The van der Waals surface area contributed by atoms with E-state index in [1.165, 1.54) is 6.92 Å².